The fourth-order valence-corrected chi connectivity index (χ4v) is 1.84. The van der Waals surface area contributed by atoms with E-state index in [1.807, 2.05) is 18.2 Å². The molecular weight excluding hydrogens is 174 g/mol. The highest BCUT2D eigenvalue weighted by atomic mass is 15.1. The van der Waals surface area contributed by atoms with E-state index < -0.39 is 0 Å². The zero-order valence-corrected chi connectivity index (χ0v) is 7.96. The van der Waals surface area contributed by atoms with Gasteiger partial charge in [0.05, 0.1) is 11.2 Å². The van der Waals surface area contributed by atoms with Crippen LogP contribution in [0.5, 0.6) is 0 Å². The molecule has 0 unspecified atom stereocenters. The van der Waals surface area contributed by atoms with E-state index in [0.717, 1.165) is 23.5 Å². The normalized spacial score (nSPS) is 16.3. The first-order valence-electron chi connectivity index (χ1n) is 5.05. The molecule has 1 aliphatic rings. The third kappa shape index (κ3) is 1.25. The number of hydrogen-bond donors (Lipinski definition) is 2. The van der Waals surface area contributed by atoms with Crippen molar-refractivity contribution in [1.29, 1.82) is 0 Å². The van der Waals surface area contributed by atoms with Gasteiger partial charge in [-0.3, -0.25) is 5.10 Å². The highest BCUT2D eigenvalue weighted by molar-refractivity contribution is 5.84. The molecular formula is C11H13N3. The second-order valence-electron chi connectivity index (χ2n) is 4.12. The fraction of sp³-hybridized carbons (Fsp3) is 0.364. The number of benzene rings is 1. The summed E-state index contributed by atoms with van der Waals surface area (Å²) in [6.07, 6.45) is 3.82. The van der Waals surface area contributed by atoms with E-state index in [0.29, 0.717) is 0 Å². The van der Waals surface area contributed by atoms with Crippen molar-refractivity contribution in [1.82, 2.24) is 10.2 Å². The first kappa shape index (κ1) is 7.85. The summed E-state index contributed by atoms with van der Waals surface area (Å²) < 4.78 is 0. The average molecular weight is 187 g/mol. The molecule has 0 aliphatic heterocycles. The van der Waals surface area contributed by atoms with Crippen molar-refractivity contribution in [3.63, 3.8) is 0 Å². The number of nitrogens with one attached hydrogen (secondary N) is 1. The number of rotatable bonds is 2. The van der Waals surface area contributed by atoms with Crippen LogP contribution in [0, 0.1) is 5.92 Å². The molecule has 1 aromatic carbocycles. The van der Waals surface area contributed by atoms with E-state index >= 15 is 0 Å². The maximum Gasteiger partial charge on any atom is 0.0704 e. The topological polar surface area (TPSA) is 54.7 Å². The van der Waals surface area contributed by atoms with E-state index in [1.165, 1.54) is 23.9 Å². The minimum absolute atomic E-state index is 0.816. The minimum atomic E-state index is 0.816. The SMILES string of the molecule is Nc1ccc2[nH]nc(CC3CC3)c2c1. The second-order valence-corrected chi connectivity index (χ2v) is 4.12. The van der Waals surface area contributed by atoms with Crippen molar-refractivity contribution in [3.8, 4) is 0 Å². The molecule has 72 valence electrons. The Bertz CT molecular complexity index is 468. The Morgan fingerprint density at radius 3 is 3.07 bits per heavy atom. The van der Waals surface area contributed by atoms with Crippen LogP contribution >= 0.6 is 0 Å². The lowest BCUT2D eigenvalue weighted by atomic mass is 10.1. The van der Waals surface area contributed by atoms with E-state index in [2.05, 4.69) is 10.2 Å². The van der Waals surface area contributed by atoms with Gasteiger partial charge in [-0.1, -0.05) is 0 Å². The number of aromatic nitrogens is 2. The van der Waals surface area contributed by atoms with E-state index in [-0.39, 0.29) is 0 Å². The molecule has 0 spiro atoms. The Labute approximate surface area is 82.3 Å². The molecule has 1 aromatic heterocycles. The summed E-state index contributed by atoms with van der Waals surface area (Å²) in [4.78, 5) is 0. The summed E-state index contributed by atoms with van der Waals surface area (Å²) in [5, 5.41) is 8.57. The standard InChI is InChI=1S/C11H13N3/c12-8-3-4-10-9(6-8)11(14-13-10)5-7-1-2-7/h3-4,6-7H,1-2,5,12H2,(H,13,14). The van der Waals surface area contributed by atoms with E-state index in [9.17, 15) is 0 Å². The number of anilines is 1. The van der Waals surface area contributed by atoms with Gasteiger partial charge in [-0.05, 0) is 43.4 Å². The van der Waals surface area contributed by atoms with Crippen LogP contribution in [0.4, 0.5) is 5.69 Å². The highest BCUT2D eigenvalue weighted by Crippen LogP contribution is 2.34. The molecule has 2 aromatic rings. The lowest BCUT2D eigenvalue weighted by Crippen LogP contribution is -1.88. The Morgan fingerprint density at radius 2 is 2.29 bits per heavy atom. The highest BCUT2D eigenvalue weighted by Gasteiger charge is 2.23. The molecule has 3 heteroatoms. The lowest BCUT2D eigenvalue weighted by molar-refractivity contribution is 0.801. The van der Waals surface area contributed by atoms with Crippen molar-refractivity contribution >= 4 is 16.6 Å². The number of aromatic amines is 1. The smallest absolute Gasteiger partial charge is 0.0704 e. The lowest BCUT2D eigenvalue weighted by Gasteiger charge is -1.96. The van der Waals surface area contributed by atoms with Gasteiger partial charge in [-0.15, -0.1) is 0 Å². The Morgan fingerprint density at radius 1 is 1.43 bits per heavy atom. The van der Waals surface area contributed by atoms with Crippen molar-refractivity contribution in [2.75, 3.05) is 5.73 Å². The Kier molecular flexibility index (Phi) is 1.54. The predicted octanol–water partition coefficient (Wildman–Crippen LogP) is 2.10. The zero-order valence-electron chi connectivity index (χ0n) is 7.96. The first-order valence-corrected chi connectivity index (χ1v) is 5.05. The van der Waals surface area contributed by atoms with Crippen LogP contribution in [0.1, 0.15) is 18.5 Å². The molecule has 1 fully saturated rings. The molecule has 3 rings (SSSR count). The van der Waals surface area contributed by atoms with Crippen LogP contribution in [0.25, 0.3) is 10.9 Å². The van der Waals surface area contributed by atoms with Gasteiger partial charge in [-0.2, -0.15) is 5.10 Å². The van der Waals surface area contributed by atoms with Crippen LogP contribution < -0.4 is 5.73 Å². The number of hydrogen-bond acceptors (Lipinski definition) is 2. The van der Waals surface area contributed by atoms with Crippen LogP contribution in [0.2, 0.25) is 0 Å². The van der Waals surface area contributed by atoms with Gasteiger partial charge in [0.2, 0.25) is 0 Å². The van der Waals surface area contributed by atoms with Gasteiger partial charge >= 0.3 is 0 Å². The van der Waals surface area contributed by atoms with Gasteiger partial charge in [0, 0.05) is 11.1 Å². The largest absolute Gasteiger partial charge is 0.399 e. The van der Waals surface area contributed by atoms with Crippen molar-refractivity contribution in [3.05, 3.63) is 23.9 Å². The summed E-state index contributed by atoms with van der Waals surface area (Å²) in [7, 11) is 0. The average Bonchev–Trinajstić information content (AvgIpc) is 2.90. The van der Waals surface area contributed by atoms with Crippen molar-refractivity contribution in [2.24, 2.45) is 5.92 Å². The quantitative estimate of drug-likeness (QED) is 0.707. The molecule has 14 heavy (non-hydrogen) atoms. The molecule has 1 saturated carbocycles. The van der Waals surface area contributed by atoms with Crippen molar-refractivity contribution in [2.45, 2.75) is 19.3 Å². The third-order valence-electron chi connectivity index (χ3n) is 2.84. The zero-order chi connectivity index (χ0) is 9.54. The molecule has 3 nitrogen and oxygen atoms in total. The van der Waals surface area contributed by atoms with Gasteiger partial charge in [0.1, 0.15) is 0 Å². The van der Waals surface area contributed by atoms with Gasteiger partial charge in [0.25, 0.3) is 0 Å². The number of nitrogens with two attached hydrogens (primary N) is 1. The maximum absolute atomic E-state index is 5.76. The molecule has 0 atom stereocenters. The first-order chi connectivity index (χ1) is 6.83. The summed E-state index contributed by atoms with van der Waals surface area (Å²) in [5.74, 6) is 0.864. The molecule has 1 heterocycles. The summed E-state index contributed by atoms with van der Waals surface area (Å²) in [6, 6.07) is 5.91. The van der Waals surface area contributed by atoms with Crippen LogP contribution in [-0.4, -0.2) is 10.2 Å². The molecule has 3 N–H and O–H groups in total. The number of nitrogen functional groups attached to an aromatic ring is 1. The Balaban J connectivity index is 2.08. The second kappa shape index (κ2) is 2.74. The van der Waals surface area contributed by atoms with Gasteiger partial charge < -0.3 is 5.73 Å². The third-order valence-corrected chi connectivity index (χ3v) is 2.84. The van der Waals surface area contributed by atoms with Crippen LogP contribution in [0.3, 0.4) is 0 Å². The van der Waals surface area contributed by atoms with E-state index in [4.69, 9.17) is 5.73 Å². The van der Waals surface area contributed by atoms with Crippen molar-refractivity contribution < 1.29 is 0 Å². The number of nitrogens with zero attached hydrogens (tertiary/aromatic N) is 1. The number of H-pyrrole nitrogens is 1. The van der Waals surface area contributed by atoms with Gasteiger partial charge in [0.15, 0.2) is 0 Å². The van der Waals surface area contributed by atoms with Gasteiger partial charge in [-0.25, -0.2) is 0 Å². The molecule has 0 radical (unpaired) electrons. The Hall–Kier alpha value is -1.51. The minimum Gasteiger partial charge on any atom is -0.399 e. The molecule has 0 saturated heterocycles. The maximum atomic E-state index is 5.76. The molecule has 0 bridgehead atoms. The summed E-state index contributed by atoms with van der Waals surface area (Å²) in [5.41, 5.74) is 8.84. The number of fused-ring (bicyclic) bond motifs is 1. The monoisotopic (exact) mass is 187 g/mol. The summed E-state index contributed by atoms with van der Waals surface area (Å²) in [6.45, 7) is 0. The molecule has 1 aliphatic carbocycles. The summed E-state index contributed by atoms with van der Waals surface area (Å²) >= 11 is 0. The molecule has 0 amide bonds. The van der Waals surface area contributed by atoms with Crippen LogP contribution in [0.15, 0.2) is 18.2 Å². The van der Waals surface area contributed by atoms with E-state index in [1.54, 1.807) is 0 Å². The van der Waals surface area contributed by atoms with Crippen LogP contribution in [-0.2, 0) is 6.42 Å². The predicted molar refractivity (Wildman–Crippen MR) is 56.9 cm³/mol. The fourth-order valence-electron chi connectivity index (χ4n) is 1.84.